The highest BCUT2D eigenvalue weighted by Gasteiger charge is 2.06. The summed E-state index contributed by atoms with van der Waals surface area (Å²) in [6, 6.07) is 3.80. The number of aryl methyl sites for hydroxylation is 2. The van der Waals surface area contributed by atoms with Crippen molar-refractivity contribution in [2.75, 3.05) is 12.4 Å². The molecule has 0 fully saturated rings. The molecule has 0 aliphatic heterocycles. The highest BCUT2D eigenvalue weighted by atomic mass is 16.5. The quantitative estimate of drug-likeness (QED) is 0.868. The molecular formula is C14H19N5O. The Balaban J connectivity index is 2.06. The van der Waals surface area contributed by atoms with E-state index in [4.69, 9.17) is 4.74 Å². The summed E-state index contributed by atoms with van der Waals surface area (Å²) in [7, 11) is 1.60. The molecule has 0 saturated carbocycles. The van der Waals surface area contributed by atoms with Crippen LogP contribution in [0.3, 0.4) is 0 Å². The number of nitrogens with zero attached hydrogens (tertiary/aromatic N) is 4. The molecule has 2 aromatic rings. The Morgan fingerprint density at radius 1 is 1.15 bits per heavy atom. The molecule has 0 atom stereocenters. The summed E-state index contributed by atoms with van der Waals surface area (Å²) < 4.78 is 5.09. The number of hydrogen-bond acceptors (Lipinski definition) is 6. The largest absolute Gasteiger partial charge is 0.481 e. The molecule has 2 heterocycles. The van der Waals surface area contributed by atoms with E-state index in [1.54, 1.807) is 13.3 Å². The van der Waals surface area contributed by atoms with Gasteiger partial charge in [-0.2, -0.15) is 5.10 Å². The van der Waals surface area contributed by atoms with Crippen molar-refractivity contribution >= 4 is 5.95 Å². The lowest BCUT2D eigenvalue weighted by Crippen LogP contribution is -2.09. The fourth-order valence-corrected chi connectivity index (χ4v) is 1.87. The number of pyridine rings is 1. The van der Waals surface area contributed by atoms with E-state index in [0.29, 0.717) is 18.4 Å². The van der Waals surface area contributed by atoms with Crippen LogP contribution >= 0.6 is 0 Å². The first-order valence-electron chi connectivity index (χ1n) is 6.72. The van der Waals surface area contributed by atoms with Crippen molar-refractivity contribution in [1.29, 1.82) is 0 Å². The molecule has 0 amide bonds. The van der Waals surface area contributed by atoms with Crippen LogP contribution in [0.5, 0.6) is 5.88 Å². The van der Waals surface area contributed by atoms with E-state index in [0.717, 1.165) is 29.8 Å². The van der Waals surface area contributed by atoms with Crippen LogP contribution in [0, 0.1) is 0 Å². The summed E-state index contributed by atoms with van der Waals surface area (Å²) in [5.74, 6) is 1.15. The molecule has 0 unspecified atom stereocenters. The molecule has 0 radical (unpaired) electrons. The fourth-order valence-electron chi connectivity index (χ4n) is 1.87. The zero-order valence-corrected chi connectivity index (χ0v) is 12.1. The molecule has 6 nitrogen and oxygen atoms in total. The van der Waals surface area contributed by atoms with E-state index in [-0.39, 0.29) is 0 Å². The van der Waals surface area contributed by atoms with Gasteiger partial charge in [0, 0.05) is 18.8 Å². The third kappa shape index (κ3) is 3.40. The number of hydrogen-bond donors (Lipinski definition) is 1. The number of ether oxygens (including phenoxy) is 1. The second kappa shape index (κ2) is 6.79. The summed E-state index contributed by atoms with van der Waals surface area (Å²) in [6.07, 6.45) is 3.42. The highest BCUT2D eigenvalue weighted by Crippen LogP contribution is 2.11. The van der Waals surface area contributed by atoms with Crippen LogP contribution in [0.4, 0.5) is 5.95 Å². The standard InChI is InChI=1S/C14H19N5O/c1-4-11-12(5-2)18-19-14(17-11)16-9-10-6-7-15-13(8-10)20-3/h6-8H,4-5,9H2,1-3H3,(H,16,17,19). The van der Waals surface area contributed by atoms with E-state index in [9.17, 15) is 0 Å². The molecule has 0 bridgehead atoms. The molecule has 0 spiro atoms. The van der Waals surface area contributed by atoms with Crippen molar-refractivity contribution in [3.05, 3.63) is 35.3 Å². The fraction of sp³-hybridized carbons (Fsp3) is 0.429. The van der Waals surface area contributed by atoms with Crippen molar-refractivity contribution in [3.63, 3.8) is 0 Å². The predicted octanol–water partition coefficient (Wildman–Crippen LogP) is 2.01. The molecule has 106 valence electrons. The van der Waals surface area contributed by atoms with Gasteiger partial charge in [-0.15, -0.1) is 5.10 Å². The highest BCUT2D eigenvalue weighted by molar-refractivity contribution is 5.29. The molecule has 6 heteroatoms. The number of anilines is 1. The van der Waals surface area contributed by atoms with Gasteiger partial charge in [0.1, 0.15) is 0 Å². The monoisotopic (exact) mass is 273 g/mol. The molecular weight excluding hydrogens is 254 g/mol. The minimum Gasteiger partial charge on any atom is -0.481 e. The van der Waals surface area contributed by atoms with Gasteiger partial charge in [-0.05, 0) is 24.5 Å². The SMILES string of the molecule is CCc1nnc(NCc2ccnc(OC)c2)nc1CC. The van der Waals surface area contributed by atoms with Crippen LogP contribution < -0.4 is 10.1 Å². The summed E-state index contributed by atoms with van der Waals surface area (Å²) in [5.41, 5.74) is 3.01. The van der Waals surface area contributed by atoms with Crippen molar-refractivity contribution in [2.24, 2.45) is 0 Å². The number of aromatic nitrogens is 4. The van der Waals surface area contributed by atoms with E-state index in [1.807, 2.05) is 12.1 Å². The second-order valence-corrected chi connectivity index (χ2v) is 4.30. The van der Waals surface area contributed by atoms with E-state index in [2.05, 4.69) is 39.3 Å². The number of rotatable bonds is 6. The first kappa shape index (κ1) is 14.2. The molecule has 2 rings (SSSR count). The van der Waals surface area contributed by atoms with Gasteiger partial charge in [-0.1, -0.05) is 13.8 Å². The molecule has 0 aromatic carbocycles. The summed E-state index contributed by atoms with van der Waals surface area (Å²) in [6.45, 7) is 4.73. The van der Waals surface area contributed by atoms with E-state index >= 15 is 0 Å². The molecule has 20 heavy (non-hydrogen) atoms. The van der Waals surface area contributed by atoms with Crippen LogP contribution in [-0.4, -0.2) is 27.3 Å². The molecule has 2 aromatic heterocycles. The Morgan fingerprint density at radius 2 is 1.95 bits per heavy atom. The number of methoxy groups -OCH3 is 1. The Labute approximate surface area is 118 Å². The summed E-state index contributed by atoms with van der Waals surface area (Å²) in [4.78, 5) is 8.56. The molecule has 0 aliphatic carbocycles. The van der Waals surface area contributed by atoms with Crippen LogP contribution in [0.25, 0.3) is 0 Å². The minimum atomic E-state index is 0.551. The van der Waals surface area contributed by atoms with Crippen molar-refractivity contribution in [2.45, 2.75) is 33.2 Å². The molecule has 0 saturated heterocycles. The van der Waals surface area contributed by atoms with Gasteiger partial charge in [0.15, 0.2) is 0 Å². The third-order valence-corrected chi connectivity index (χ3v) is 2.97. The van der Waals surface area contributed by atoms with Crippen LogP contribution in [0.15, 0.2) is 18.3 Å². The second-order valence-electron chi connectivity index (χ2n) is 4.30. The topological polar surface area (TPSA) is 72.8 Å². The molecule has 0 aliphatic rings. The van der Waals surface area contributed by atoms with Gasteiger partial charge in [0.05, 0.1) is 18.5 Å². The van der Waals surface area contributed by atoms with Crippen molar-refractivity contribution in [1.82, 2.24) is 20.2 Å². The Hall–Kier alpha value is -2.24. The van der Waals surface area contributed by atoms with Gasteiger partial charge in [0.2, 0.25) is 11.8 Å². The maximum atomic E-state index is 5.09. The zero-order valence-electron chi connectivity index (χ0n) is 12.1. The average molecular weight is 273 g/mol. The number of nitrogens with one attached hydrogen (secondary N) is 1. The zero-order chi connectivity index (χ0) is 14.4. The van der Waals surface area contributed by atoms with Gasteiger partial charge >= 0.3 is 0 Å². The van der Waals surface area contributed by atoms with Crippen molar-refractivity contribution < 1.29 is 4.74 Å². The van der Waals surface area contributed by atoms with Crippen molar-refractivity contribution in [3.8, 4) is 5.88 Å². The lowest BCUT2D eigenvalue weighted by molar-refractivity contribution is 0.397. The van der Waals surface area contributed by atoms with Crippen LogP contribution in [0.2, 0.25) is 0 Å². The average Bonchev–Trinajstić information content (AvgIpc) is 2.52. The minimum absolute atomic E-state index is 0.551. The summed E-state index contributed by atoms with van der Waals surface area (Å²) in [5, 5.41) is 11.5. The molecule has 1 N–H and O–H groups in total. The summed E-state index contributed by atoms with van der Waals surface area (Å²) >= 11 is 0. The third-order valence-electron chi connectivity index (χ3n) is 2.97. The predicted molar refractivity (Wildman–Crippen MR) is 76.7 cm³/mol. The van der Waals surface area contributed by atoms with Crippen LogP contribution in [-0.2, 0) is 19.4 Å². The maximum absolute atomic E-state index is 5.09. The van der Waals surface area contributed by atoms with Gasteiger partial charge in [0.25, 0.3) is 0 Å². The maximum Gasteiger partial charge on any atom is 0.243 e. The van der Waals surface area contributed by atoms with Gasteiger partial charge in [-0.3, -0.25) is 0 Å². The lowest BCUT2D eigenvalue weighted by atomic mass is 10.2. The first-order chi connectivity index (χ1) is 9.76. The Morgan fingerprint density at radius 3 is 2.65 bits per heavy atom. The first-order valence-corrected chi connectivity index (χ1v) is 6.72. The van der Waals surface area contributed by atoms with Gasteiger partial charge in [-0.25, -0.2) is 9.97 Å². The van der Waals surface area contributed by atoms with E-state index in [1.165, 1.54) is 0 Å². The Kier molecular flexibility index (Phi) is 4.81. The van der Waals surface area contributed by atoms with E-state index < -0.39 is 0 Å². The van der Waals surface area contributed by atoms with Crippen LogP contribution in [0.1, 0.15) is 30.8 Å². The smallest absolute Gasteiger partial charge is 0.243 e. The van der Waals surface area contributed by atoms with Gasteiger partial charge < -0.3 is 10.1 Å². The Bertz CT molecular complexity index is 573. The lowest BCUT2D eigenvalue weighted by Gasteiger charge is -2.08. The normalized spacial score (nSPS) is 10.3.